The molecular formula is C14H17N3O2. The number of phenols is 1. The van der Waals surface area contributed by atoms with Gasteiger partial charge in [0.1, 0.15) is 5.75 Å². The van der Waals surface area contributed by atoms with Crippen molar-refractivity contribution in [2.24, 2.45) is 7.05 Å². The lowest BCUT2D eigenvalue weighted by Gasteiger charge is -2.06. The largest absolute Gasteiger partial charge is 0.508 e. The highest BCUT2D eigenvalue weighted by molar-refractivity contribution is 5.94. The maximum Gasteiger partial charge on any atom is 0.251 e. The number of nitrogens with one attached hydrogen (secondary N) is 1. The van der Waals surface area contributed by atoms with E-state index in [0.29, 0.717) is 17.7 Å². The second-order valence-electron chi connectivity index (χ2n) is 4.53. The number of nitrogens with zero attached hydrogens (tertiary/aromatic N) is 2. The lowest BCUT2D eigenvalue weighted by atomic mass is 10.1. The number of aromatic nitrogens is 2. The van der Waals surface area contributed by atoms with Gasteiger partial charge in [0, 0.05) is 25.4 Å². The average Bonchev–Trinajstić information content (AvgIpc) is 2.78. The number of aryl methyl sites for hydroxylation is 2. The zero-order chi connectivity index (χ0) is 13.8. The van der Waals surface area contributed by atoms with Gasteiger partial charge in [0.05, 0.1) is 6.20 Å². The molecule has 1 amide bonds. The molecule has 0 aliphatic heterocycles. The number of carbonyl (C=O) groups excluding carboxylic acids is 1. The summed E-state index contributed by atoms with van der Waals surface area (Å²) in [5, 5.41) is 16.3. The minimum absolute atomic E-state index is 0.132. The molecule has 2 aromatic rings. The van der Waals surface area contributed by atoms with Gasteiger partial charge in [-0.25, -0.2) is 0 Å². The van der Waals surface area contributed by atoms with E-state index in [1.165, 1.54) is 6.07 Å². The van der Waals surface area contributed by atoms with Crippen LogP contribution in [-0.4, -0.2) is 27.3 Å². The number of hydrogen-bond acceptors (Lipinski definition) is 3. The highest BCUT2D eigenvalue weighted by atomic mass is 16.3. The molecule has 1 heterocycles. The quantitative estimate of drug-likeness (QED) is 0.872. The van der Waals surface area contributed by atoms with Crippen LogP contribution in [-0.2, 0) is 13.5 Å². The van der Waals surface area contributed by atoms with E-state index in [0.717, 1.165) is 12.0 Å². The summed E-state index contributed by atoms with van der Waals surface area (Å²) in [6.45, 7) is 2.33. The van der Waals surface area contributed by atoms with Crippen molar-refractivity contribution in [1.82, 2.24) is 15.1 Å². The molecule has 0 radical (unpaired) electrons. The number of amides is 1. The summed E-state index contributed by atoms with van der Waals surface area (Å²) < 4.78 is 1.74. The number of carbonyl (C=O) groups is 1. The van der Waals surface area contributed by atoms with Crippen molar-refractivity contribution in [3.63, 3.8) is 0 Å². The van der Waals surface area contributed by atoms with Crippen LogP contribution in [0, 0.1) is 6.92 Å². The Balaban J connectivity index is 1.89. The molecule has 0 aliphatic rings. The Morgan fingerprint density at radius 2 is 2.26 bits per heavy atom. The number of hydrogen-bond donors (Lipinski definition) is 2. The van der Waals surface area contributed by atoms with Gasteiger partial charge in [-0.05, 0) is 42.7 Å². The molecule has 0 aliphatic carbocycles. The van der Waals surface area contributed by atoms with Gasteiger partial charge in [0.2, 0.25) is 0 Å². The first kappa shape index (κ1) is 13.1. The van der Waals surface area contributed by atoms with Crippen molar-refractivity contribution in [3.8, 4) is 5.75 Å². The Kier molecular flexibility index (Phi) is 3.85. The fraction of sp³-hybridized carbons (Fsp3) is 0.286. The Hall–Kier alpha value is -2.30. The molecule has 1 aromatic heterocycles. The van der Waals surface area contributed by atoms with Crippen LogP contribution in [0.4, 0.5) is 0 Å². The molecular weight excluding hydrogens is 242 g/mol. The molecule has 1 aromatic carbocycles. The van der Waals surface area contributed by atoms with E-state index in [4.69, 9.17) is 0 Å². The summed E-state index contributed by atoms with van der Waals surface area (Å²) in [5.74, 6) is 0.0684. The maximum atomic E-state index is 11.9. The third-order valence-corrected chi connectivity index (χ3v) is 2.92. The van der Waals surface area contributed by atoms with Crippen molar-refractivity contribution < 1.29 is 9.90 Å². The van der Waals surface area contributed by atoms with Crippen molar-refractivity contribution in [1.29, 1.82) is 0 Å². The molecule has 2 rings (SSSR count). The molecule has 0 saturated carbocycles. The first-order valence-corrected chi connectivity index (χ1v) is 6.11. The second-order valence-corrected chi connectivity index (χ2v) is 4.53. The van der Waals surface area contributed by atoms with Crippen LogP contribution < -0.4 is 5.32 Å². The third kappa shape index (κ3) is 3.34. The van der Waals surface area contributed by atoms with Gasteiger partial charge in [0.25, 0.3) is 5.91 Å². The summed E-state index contributed by atoms with van der Waals surface area (Å²) in [4.78, 5) is 11.9. The number of aromatic hydroxyl groups is 1. The van der Waals surface area contributed by atoms with Crippen LogP contribution in [0.15, 0.2) is 30.6 Å². The molecule has 0 spiro atoms. The number of benzene rings is 1. The Morgan fingerprint density at radius 1 is 1.47 bits per heavy atom. The van der Waals surface area contributed by atoms with Gasteiger partial charge >= 0.3 is 0 Å². The zero-order valence-corrected chi connectivity index (χ0v) is 11.1. The Bertz CT molecular complexity index is 590. The third-order valence-electron chi connectivity index (χ3n) is 2.92. The van der Waals surface area contributed by atoms with Gasteiger partial charge in [0.15, 0.2) is 0 Å². The average molecular weight is 259 g/mol. The molecule has 100 valence electrons. The van der Waals surface area contributed by atoms with Crippen LogP contribution in [0.2, 0.25) is 0 Å². The van der Waals surface area contributed by atoms with E-state index in [1.54, 1.807) is 29.9 Å². The second kappa shape index (κ2) is 5.56. The van der Waals surface area contributed by atoms with E-state index in [1.807, 2.05) is 13.2 Å². The lowest BCUT2D eigenvalue weighted by molar-refractivity contribution is 0.0954. The highest BCUT2D eigenvalue weighted by Gasteiger charge is 2.07. The van der Waals surface area contributed by atoms with E-state index in [-0.39, 0.29) is 11.7 Å². The molecule has 0 saturated heterocycles. The van der Waals surface area contributed by atoms with Crippen LogP contribution in [0.1, 0.15) is 21.5 Å². The lowest BCUT2D eigenvalue weighted by Crippen LogP contribution is -2.25. The molecule has 0 bridgehead atoms. The first-order chi connectivity index (χ1) is 9.06. The smallest absolute Gasteiger partial charge is 0.251 e. The van der Waals surface area contributed by atoms with E-state index in [9.17, 15) is 9.90 Å². The molecule has 19 heavy (non-hydrogen) atoms. The van der Waals surface area contributed by atoms with Crippen LogP contribution >= 0.6 is 0 Å². The van der Waals surface area contributed by atoms with Crippen LogP contribution in [0.3, 0.4) is 0 Å². The summed E-state index contributed by atoms with van der Waals surface area (Å²) in [5.41, 5.74) is 2.34. The molecule has 5 nitrogen and oxygen atoms in total. The fourth-order valence-corrected chi connectivity index (χ4v) is 1.82. The zero-order valence-electron chi connectivity index (χ0n) is 11.1. The van der Waals surface area contributed by atoms with E-state index >= 15 is 0 Å². The van der Waals surface area contributed by atoms with Crippen molar-refractivity contribution in [3.05, 3.63) is 47.3 Å². The van der Waals surface area contributed by atoms with Crippen LogP contribution in [0.5, 0.6) is 5.75 Å². The van der Waals surface area contributed by atoms with Gasteiger partial charge in [-0.15, -0.1) is 0 Å². The van der Waals surface area contributed by atoms with Crippen molar-refractivity contribution >= 4 is 5.91 Å². The summed E-state index contributed by atoms with van der Waals surface area (Å²) in [6, 6.07) is 4.82. The predicted molar refractivity (Wildman–Crippen MR) is 72.1 cm³/mol. The molecule has 0 unspecified atom stereocenters. The van der Waals surface area contributed by atoms with Crippen LogP contribution in [0.25, 0.3) is 0 Å². The number of phenolic OH excluding ortho intramolecular Hbond substituents is 1. The topological polar surface area (TPSA) is 67.2 Å². The molecule has 0 fully saturated rings. The minimum atomic E-state index is -0.132. The first-order valence-electron chi connectivity index (χ1n) is 6.11. The maximum absolute atomic E-state index is 11.9. The highest BCUT2D eigenvalue weighted by Crippen LogP contribution is 2.16. The monoisotopic (exact) mass is 259 g/mol. The van der Waals surface area contributed by atoms with Crippen molar-refractivity contribution in [2.45, 2.75) is 13.3 Å². The molecule has 5 heteroatoms. The Labute approximate surface area is 111 Å². The van der Waals surface area contributed by atoms with E-state index in [2.05, 4.69) is 10.4 Å². The predicted octanol–water partition coefficient (Wildman–Crippen LogP) is 1.41. The summed E-state index contributed by atoms with van der Waals surface area (Å²) >= 11 is 0. The normalized spacial score (nSPS) is 10.4. The van der Waals surface area contributed by atoms with Gasteiger partial charge in [-0.2, -0.15) is 5.10 Å². The van der Waals surface area contributed by atoms with E-state index < -0.39 is 0 Å². The molecule has 2 N–H and O–H groups in total. The van der Waals surface area contributed by atoms with Crippen molar-refractivity contribution in [2.75, 3.05) is 6.54 Å². The fourth-order valence-electron chi connectivity index (χ4n) is 1.82. The molecule has 0 atom stereocenters. The summed E-state index contributed by atoms with van der Waals surface area (Å²) in [7, 11) is 1.86. The SMILES string of the molecule is Cc1cc(C(=O)NCCc2cnn(C)c2)ccc1O. The van der Waals surface area contributed by atoms with Gasteiger partial charge in [-0.3, -0.25) is 9.48 Å². The Morgan fingerprint density at radius 3 is 2.89 bits per heavy atom. The van der Waals surface area contributed by atoms with Gasteiger partial charge < -0.3 is 10.4 Å². The summed E-state index contributed by atoms with van der Waals surface area (Å²) in [6.07, 6.45) is 4.46. The standard InChI is InChI=1S/C14H17N3O2/c1-10-7-12(3-4-13(10)18)14(19)15-6-5-11-8-16-17(2)9-11/h3-4,7-9,18H,5-6H2,1-2H3,(H,15,19). The number of rotatable bonds is 4. The minimum Gasteiger partial charge on any atom is -0.508 e. The van der Waals surface area contributed by atoms with Gasteiger partial charge in [-0.1, -0.05) is 0 Å².